The van der Waals surface area contributed by atoms with Gasteiger partial charge in [0.1, 0.15) is 5.82 Å². The van der Waals surface area contributed by atoms with E-state index in [0.29, 0.717) is 5.56 Å². The SMILES string of the molecule is C=CCNS(=O)(=O)c1ccc(C(=O)N(Cc2c(F)cccc2Cl)C2CC2)cc1. The van der Waals surface area contributed by atoms with Crippen molar-refractivity contribution in [3.63, 3.8) is 0 Å². The molecule has 2 aromatic rings. The molecular formula is C20H20ClFN2O3S. The highest BCUT2D eigenvalue weighted by atomic mass is 35.5. The molecule has 0 saturated heterocycles. The van der Waals surface area contributed by atoms with Crippen LogP contribution >= 0.6 is 11.6 Å². The lowest BCUT2D eigenvalue weighted by Crippen LogP contribution is -2.33. The highest BCUT2D eigenvalue weighted by Crippen LogP contribution is 2.32. The van der Waals surface area contributed by atoms with Crippen LogP contribution in [-0.4, -0.2) is 31.8 Å². The van der Waals surface area contributed by atoms with Crippen molar-refractivity contribution >= 4 is 27.5 Å². The van der Waals surface area contributed by atoms with Gasteiger partial charge in [-0.25, -0.2) is 17.5 Å². The molecule has 1 amide bonds. The number of nitrogens with one attached hydrogen (secondary N) is 1. The third-order valence-corrected chi connectivity index (χ3v) is 6.26. The van der Waals surface area contributed by atoms with Gasteiger partial charge in [0.2, 0.25) is 10.0 Å². The molecule has 0 radical (unpaired) electrons. The molecule has 148 valence electrons. The maximum Gasteiger partial charge on any atom is 0.254 e. The van der Waals surface area contributed by atoms with Crippen molar-refractivity contribution in [1.82, 2.24) is 9.62 Å². The molecule has 0 unspecified atom stereocenters. The van der Waals surface area contributed by atoms with Crippen LogP contribution in [0.4, 0.5) is 4.39 Å². The smallest absolute Gasteiger partial charge is 0.254 e. The van der Waals surface area contributed by atoms with Crippen LogP contribution in [0.25, 0.3) is 0 Å². The second kappa shape index (κ2) is 8.43. The molecule has 3 rings (SSSR count). The Morgan fingerprint density at radius 3 is 2.50 bits per heavy atom. The van der Waals surface area contributed by atoms with Crippen LogP contribution in [0.3, 0.4) is 0 Å². The van der Waals surface area contributed by atoms with E-state index in [-0.39, 0.29) is 40.5 Å². The van der Waals surface area contributed by atoms with Crippen LogP contribution < -0.4 is 4.72 Å². The van der Waals surface area contributed by atoms with E-state index in [0.717, 1.165) is 12.8 Å². The Labute approximate surface area is 168 Å². The first-order valence-corrected chi connectivity index (χ1v) is 10.6. The average molecular weight is 423 g/mol. The number of sulfonamides is 1. The van der Waals surface area contributed by atoms with Gasteiger partial charge in [-0.05, 0) is 49.2 Å². The third-order valence-electron chi connectivity index (χ3n) is 4.47. The van der Waals surface area contributed by atoms with Crippen molar-refractivity contribution in [3.05, 3.63) is 77.1 Å². The minimum absolute atomic E-state index is 0.0286. The lowest BCUT2D eigenvalue weighted by atomic mass is 10.1. The van der Waals surface area contributed by atoms with Gasteiger partial charge in [0.15, 0.2) is 0 Å². The summed E-state index contributed by atoms with van der Waals surface area (Å²) in [5.41, 5.74) is 0.610. The molecule has 2 aromatic carbocycles. The van der Waals surface area contributed by atoms with Crippen molar-refractivity contribution in [2.75, 3.05) is 6.54 Å². The van der Waals surface area contributed by atoms with Gasteiger partial charge in [0.25, 0.3) is 5.91 Å². The fraction of sp³-hybridized carbons (Fsp3) is 0.250. The number of carbonyl (C=O) groups excluding carboxylic acids is 1. The van der Waals surface area contributed by atoms with E-state index < -0.39 is 15.8 Å². The number of carbonyl (C=O) groups is 1. The summed E-state index contributed by atoms with van der Waals surface area (Å²) in [6, 6.07) is 10.1. The van der Waals surface area contributed by atoms with E-state index in [1.54, 1.807) is 11.0 Å². The number of hydrogen-bond acceptors (Lipinski definition) is 3. The summed E-state index contributed by atoms with van der Waals surface area (Å²) >= 11 is 6.10. The highest BCUT2D eigenvalue weighted by Gasteiger charge is 2.34. The summed E-state index contributed by atoms with van der Waals surface area (Å²) < 4.78 is 40.8. The van der Waals surface area contributed by atoms with Gasteiger partial charge >= 0.3 is 0 Å². The molecule has 0 heterocycles. The molecule has 28 heavy (non-hydrogen) atoms. The van der Waals surface area contributed by atoms with Crippen molar-refractivity contribution in [3.8, 4) is 0 Å². The van der Waals surface area contributed by atoms with Crippen LogP contribution in [0.1, 0.15) is 28.8 Å². The van der Waals surface area contributed by atoms with Gasteiger partial charge in [-0.2, -0.15) is 0 Å². The molecule has 1 fully saturated rings. The molecule has 0 bridgehead atoms. The minimum atomic E-state index is -3.66. The number of amides is 1. The van der Waals surface area contributed by atoms with Gasteiger partial charge in [-0.1, -0.05) is 23.7 Å². The molecule has 0 atom stereocenters. The van der Waals surface area contributed by atoms with E-state index in [9.17, 15) is 17.6 Å². The van der Waals surface area contributed by atoms with Gasteiger partial charge < -0.3 is 4.90 Å². The zero-order chi connectivity index (χ0) is 20.3. The van der Waals surface area contributed by atoms with Crippen LogP contribution in [-0.2, 0) is 16.6 Å². The maximum absolute atomic E-state index is 14.1. The zero-order valence-corrected chi connectivity index (χ0v) is 16.6. The number of nitrogens with zero attached hydrogens (tertiary/aromatic N) is 1. The van der Waals surface area contributed by atoms with Crippen LogP contribution in [0, 0.1) is 5.82 Å². The summed E-state index contributed by atoms with van der Waals surface area (Å²) in [5, 5.41) is 0.271. The first-order valence-electron chi connectivity index (χ1n) is 8.78. The summed E-state index contributed by atoms with van der Waals surface area (Å²) in [5.74, 6) is -0.745. The lowest BCUT2D eigenvalue weighted by Gasteiger charge is -2.23. The Kier molecular flexibility index (Phi) is 6.17. The second-order valence-corrected chi connectivity index (χ2v) is 8.70. The van der Waals surface area contributed by atoms with Crippen LogP contribution in [0.15, 0.2) is 60.0 Å². The number of rotatable bonds is 8. The molecule has 0 aromatic heterocycles. The molecule has 1 saturated carbocycles. The Bertz CT molecular complexity index is 969. The number of benzene rings is 2. The van der Waals surface area contributed by atoms with Crippen molar-refractivity contribution in [2.24, 2.45) is 0 Å². The van der Waals surface area contributed by atoms with E-state index >= 15 is 0 Å². The Morgan fingerprint density at radius 1 is 1.25 bits per heavy atom. The quantitative estimate of drug-likeness (QED) is 0.659. The van der Waals surface area contributed by atoms with E-state index in [1.165, 1.54) is 42.5 Å². The lowest BCUT2D eigenvalue weighted by molar-refractivity contribution is 0.0728. The van der Waals surface area contributed by atoms with E-state index in [4.69, 9.17) is 11.6 Å². The Balaban J connectivity index is 1.82. The summed E-state index contributed by atoms with van der Waals surface area (Å²) in [6.07, 6.45) is 3.13. The minimum Gasteiger partial charge on any atom is -0.331 e. The van der Waals surface area contributed by atoms with Crippen molar-refractivity contribution < 1.29 is 17.6 Å². The normalized spacial score (nSPS) is 13.9. The van der Waals surface area contributed by atoms with Crippen LogP contribution in [0.2, 0.25) is 5.02 Å². The molecule has 0 spiro atoms. The fourth-order valence-electron chi connectivity index (χ4n) is 2.80. The molecule has 5 nitrogen and oxygen atoms in total. The molecule has 0 aliphatic heterocycles. The predicted octanol–water partition coefficient (Wildman–Crippen LogP) is 3.75. The number of halogens is 2. The highest BCUT2D eigenvalue weighted by molar-refractivity contribution is 7.89. The van der Waals surface area contributed by atoms with Gasteiger partial charge in [-0.3, -0.25) is 4.79 Å². The monoisotopic (exact) mass is 422 g/mol. The molecule has 1 aliphatic carbocycles. The molecular weight excluding hydrogens is 403 g/mol. The first kappa shape index (κ1) is 20.5. The maximum atomic E-state index is 14.1. The van der Waals surface area contributed by atoms with E-state index in [2.05, 4.69) is 11.3 Å². The predicted molar refractivity (Wildman–Crippen MR) is 106 cm³/mol. The van der Waals surface area contributed by atoms with Crippen molar-refractivity contribution in [2.45, 2.75) is 30.3 Å². The topological polar surface area (TPSA) is 66.5 Å². The standard InChI is InChI=1S/C20H20ClFN2O3S/c1-2-12-23-28(26,27)16-10-6-14(7-11-16)20(25)24(15-8-9-15)13-17-18(21)4-3-5-19(17)22/h2-7,10-11,15,23H,1,8-9,12-13H2. The molecule has 1 aliphatic rings. The first-order chi connectivity index (χ1) is 13.3. The van der Waals surface area contributed by atoms with Gasteiger partial charge in [0, 0.05) is 28.7 Å². The average Bonchev–Trinajstić information content (AvgIpc) is 3.51. The fourth-order valence-corrected chi connectivity index (χ4v) is 4.02. The third kappa shape index (κ3) is 4.60. The number of hydrogen-bond donors (Lipinski definition) is 1. The summed E-state index contributed by atoms with van der Waals surface area (Å²) in [6.45, 7) is 3.65. The van der Waals surface area contributed by atoms with Gasteiger partial charge in [-0.15, -0.1) is 6.58 Å². The van der Waals surface area contributed by atoms with E-state index in [1.807, 2.05) is 0 Å². The second-order valence-electron chi connectivity index (χ2n) is 6.53. The Hall–Kier alpha value is -2.22. The zero-order valence-electron chi connectivity index (χ0n) is 15.1. The van der Waals surface area contributed by atoms with Crippen molar-refractivity contribution in [1.29, 1.82) is 0 Å². The summed E-state index contributed by atoms with van der Waals surface area (Å²) in [4.78, 5) is 14.6. The molecule has 8 heteroatoms. The largest absolute Gasteiger partial charge is 0.331 e. The molecule has 1 N–H and O–H groups in total. The summed E-state index contributed by atoms with van der Waals surface area (Å²) in [7, 11) is -3.66. The van der Waals surface area contributed by atoms with Crippen LogP contribution in [0.5, 0.6) is 0 Å². The van der Waals surface area contributed by atoms with Gasteiger partial charge in [0.05, 0.1) is 11.4 Å². The Morgan fingerprint density at radius 2 is 1.93 bits per heavy atom.